The maximum absolute atomic E-state index is 12.4. The van der Waals surface area contributed by atoms with Crippen LogP contribution < -0.4 is 15.4 Å². The predicted molar refractivity (Wildman–Crippen MR) is 127 cm³/mol. The first-order valence-corrected chi connectivity index (χ1v) is 11.3. The monoisotopic (exact) mass is 467 g/mol. The molecule has 0 spiro atoms. The maximum atomic E-state index is 12.4. The Morgan fingerprint density at radius 2 is 1.67 bits per heavy atom. The summed E-state index contributed by atoms with van der Waals surface area (Å²) in [6.07, 6.45) is 1.83. The van der Waals surface area contributed by atoms with Crippen molar-refractivity contribution >= 4 is 39.9 Å². The molecule has 0 aliphatic rings. The van der Waals surface area contributed by atoms with Crippen molar-refractivity contribution in [3.05, 3.63) is 70.7 Å². The number of unbranched alkanes of at least 4 members (excludes halogenated alkanes) is 1. The quantitative estimate of drug-likeness (QED) is 0.335. The van der Waals surface area contributed by atoms with Gasteiger partial charge >= 0.3 is 5.97 Å². The van der Waals surface area contributed by atoms with Gasteiger partial charge in [-0.25, -0.2) is 9.78 Å². The summed E-state index contributed by atoms with van der Waals surface area (Å²) < 4.78 is 10.3. The van der Waals surface area contributed by atoms with Crippen molar-refractivity contribution in [3.8, 4) is 5.75 Å². The van der Waals surface area contributed by atoms with E-state index in [4.69, 9.17) is 9.47 Å². The van der Waals surface area contributed by atoms with Gasteiger partial charge in [-0.2, -0.15) is 0 Å². The SMILES string of the molecule is CCCCOC(=O)c1ccc(NC(=O)Cc2csc(NC(=O)c3ccc(OC)cc3)n2)cc1. The molecule has 1 heterocycles. The third-order valence-electron chi connectivity index (χ3n) is 4.60. The summed E-state index contributed by atoms with van der Waals surface area (Å²) in [5.41, 5.74) is 2.01. The molecule has 0 fully saturated rings. The number of methoxy groups -OCH3 is 1. The number of esters is 1. The highest BCUT2D eigenvalue weighted by atomic mass is 32.1. The van der Waals surface area contributed by atoms with Crippen molar-refractivity contribution in [1.82, 2.24) is 4.98 Å². The minimum absolute atomic E-state index is 0.0513. The molecule has 0 saturated heterocycles. The lowest BCUT2D eigenvalue weighted by Gasteiger charge is -2.06. The van der Waals surface area contributed by atoms with Crippen LogP contribution in [0.25, 0.3) is 0 Å². The zero-order chi connectivity index (χ0) is 23.6. The van der Waals surface area contributed by atoms with Gasteiger partial charge in [0.2, 0.25) is 5.91 Å². The second kappa shape index (κ2) is 11.8. The number of nitrogens with zero attached hydrogens (tertiary/aromatic N) is 1. The smallest absolute Gasteiger partial charge is 0.338 e. The largest absolute Gasteiger partial charge is 0.497 e. The van der Waals surface area contributed by atoms with Gasteiger partial charge in [0.05, 0.1) is 31.4 Å². The third-order valence-corrected chi connectivity index (χ3v) is 5.41. The first kappa shape index (κ1) is 23.9. The lowest BCUT2D eigenvalue weighted by Crippen LogP contribution is -2.15. The molecule has 0 aliphatic carbocycles. The molecular weight excluding hydrogens is 442 g/mol. The van der Waals surface area contributed by atoms with E-state index in [0.717, 1.165) is 12.8 Å². The van der Waals surface area contributed by atoms with E-state index >= 15 is 0 Å². The van der Waals surface area contributed by atoms with Crippen molar-refractivity contribution in [2.24, 2.45) is 0 Å². The van der Waals surface area contributed by atoms with Gasteiger partial charge in [-0.15, -0.1) is 11.3 Å². The minimum atomic E-state index is -0.381. The van der Waals surface area contributed by atoms with E-state index in [2.05, 4.69) is 15.6 Å². The molecule has 0 radical (unpaired) electrons. The summed E-state index contributed by atoms with van der Waals surface area (Å²) in [4.78, 5) is 40.9. The molecule has 0 saturated carbocycles. The highest BCUT2D eigenvalue weighted by Gasteiger charge is 2.12. The summed E-state index contributed by atoms with van der Waals surface area (Å²) in [5.74, 6) is -0.272. The Labute approximate surface area is 196 Å². The summed E-state index contributed by atoms with van der Waals surface area (Å²) in [5, 5.41) is 7.62. The van der Waals surface area contributed by atoms with Gasteiger partial charge in [-0.1, -0.05) is 13.3 Å². The van der Waals surface area contributed by atoms with Crippen molar-refractivity contribution in [1.29, 1.82) is 0 Å². The highest BCUT2D eigenvalue weighted by molar-refractivity contribution is 7.14. The van der Waals surface area contributed by atoms with Crippen molar-refractivity contribution in [3.63, 3.8) is 0 Å². The fourth-order valence-corrected chi connectivity index (χ4v) is 3.51. The van der Waals surface area contributed by atoms with Gasteiger partial charge in [0, 0.05) is 16.6 Å². The van der Waals surface area contributed by atoms with Gasteiger partial charge in [0.25, 0.3) is 5.91 Å². The Kier molecular flexibility index (Phi) is 8.54. The number of thiazole rings is 1. The number of carbonyl (C=O) groups is 3. The predicted octanol–water partition coefficient (Wildman–Crippen LogP) is 4.54. The normalized spacial score (nSPS) is 10.4. The van der Waals surface area contributed by atoms with Crippen LogP contribution in [0.1, 0.15) is 46.2 Å². The number of carbonyl (C=O) groups excluding carboxylic acids is 3. The van der Waals surface area contributed by atoms with Gasteiger partial charge in [-0.05, 0) is 55.0 Å². The number of aromatic nitrogens is 1. The molecule has 0 bridgehead atoms. The first-order valence-electron chi connectivity index (χ1n) is 10.5. The van der Waals surface area contributed by atoms with Gasteiger partial charge < -0.3 is 14.8 Å². The molecule has 0 atom stereocenters. The summed E-state index contributed by atoms with van der Waals surface area (Å²) in [6.45, 7) is 2.42. The maximum Gasteiger partial charge on any atom is 0.338 e. The van der Waals surface area contributed by atoms with Gasteiger partial charge in [-0.3, -0.25) is 14.9 Å². The molecule has 0 aliphatic heterocycles. The number of amides is 2. The average Bonchev–Trinajstić information content (AvgIpc) is 3.26. The lowest BCUT2D eigenvalue weighted by atomic mass is 10.2. The van der Waals surface area contributed by atoms with E-state index in [1.165, 1.54) is 11.3 Å². The van der Waals surface area contributed by atoms with Crippen LogP contribution in [0.4, 0.5) is 10.8 Å². The molecule has 2 amide bonds. The molecular formula is C24H25N3O5S. The van der Waals surface area contributed by atoms with Crippen LogP contribution in [0.3, 0.4) is 0 Å². The molecule has 2 aromatic carbocycles. The summed E-state index contributed by atoms with van der Waals surface area (Å²) >= 11 is 1.24. The lowest BCUT2D eigenvalue weighted by molar-refractivity contribution is -0.115. The number of anilines is 2. The minimum Gasteiger partial charge on any atom is -0.497 e. The second-order valence-electron chi connectivity index (χ2n) is 7.12. The Bertz CT molecular complexity index is 1090. The van der Waals surface area contributed by atoms with E-state index in [1.807, 2.05) is 6.92 Å². The molecule has 1 aromatic heterocycles. The van der Waals surface area contributed by atoms with Crippen molar-refractivity contribution in [2.45, 2.75) is 26.2 Å². The molecule has 33 heavy (non-hydrogen) atoms. The van der Waals surface area contributed by atoms with Crippen LogP contribution in [-0.4, -0.2) is 36.5 Å². The molecule has 0 unspecified atom stereocenters. The molecule has 3 aromatic rings. The van der Waals surface area contributed by atoms with Crippen molar-refractivity contribution < 1.29 is 23.9 Å². The van der Waals surface area contributed by atoms with Crippen LogP contribution in [0.15, 0.2) is 53.9 Å². The van der Waals surface area contributed by atoms with Crippen LogP contribution in [0.2, 0.25) is 0 Å². The standard InChI is InChI=1S/C24H25N3O5S/c1-3-4-13-32-23(30)17-5-9-18(10-6-17)25-21(28)14-19-15-33-24(26-19)27-22(29)16-7-11-20(31-2)12-8-16/h5-12,15H,3-4,13-14H2,1-2H3,(H,25,28)(H,26,27,29). The molecule has 9 heteroatoms. The zero-order valence-corrected chi connectivity index (χ0v) is 19.2. The zero-order valence-electron chi connectivity index (χ0n) is 18.4. The van der Waals surface area contributed by atoms with Gasteiger partial charge in [0.1, 0.15) is 5.75 Å². The van der Waals surface area contributed by atoms with Gasteiger partial charge in [0.15, 0.2) is 5.13 Å². The van der Waals surface area contributed by atoms with E-state index < -0.39 is 0 Å². The molecule has 2 N–H and O–H groups in total. The highest BCUT2D eigenvalue weighted by Crippen LogP contribution is 2.19. The van der Waals surface area contributed by atoms with E-state index in [-0.39, 0.29) is 24.2 Å². The Morgan fingerprint density at radius 1 is 0.970 bits per heavy atom. The number of nitrogens with one attached hydrogen (secondary N) is 2. The van der Waals surface area contributed by atoms with E-state index in [9.17, 15) is 14.4 Å². The first-order chi connectivity index (χ1) is 16.0. The Morgan fingerprint density at radius 3 is 2.33 bits per heavy atom. The number of benzene rings is 2. The van der Waals surface area contributed by atoms with Crippen LogP contribution in [0.5, 0.6) is 5.75 Å². The molecule has 172 valence electrons. The van der Waals surface area contributed by atoms with Crippen molar-refractivity contribution in [2.75, 3.05) is 24.4 Å². The van der Waals surface area contributed by atoms with Crippen LogP contribution >= 0.6 is 11.3 Å². The second-order valence-corrected chi connectivity index (χ2v) is 7.98. The fraction of sp³-hybridized carbons (Fsp3) is 0.250. The summed E-state index contributed by atoms with van der Waals surface area (Å²) in [7, 11) is 1.56. The molecule has 3 rings (SSSR count). The third kappa shape index (κ3) is 7.15. The summed E-state index contributed by atoms with van der Waals surface area (Å²) in [6, 6.07) is 13.2. The Balaban J connectivity index is 1.50. The molecule has 8 nitrogen and oxygen atoms in total. The Hall–Kier alpha value is -3.72. The fourth-order valence-electron chi connectivity index (χ4n) is 2.81. The van der Waals surface area contributed by atoms with E-state index in [0.29, 0.717) is 40.0 Å². The number of ether oxygens (including phenoxy) is 2. The van der Waals surface area contributed by atoms with Crippen LogP contribution in [-0.2, 0) is 16.0 Å². The number of rotatable bonds is 10. The van der Waals surface area contributed by atoms with E-state index in [1.54, 1.807) is 61.0 Å². The average molecular weight is 468 g/mol. The van der Waals surface area contributed by atoms with Crippen LogP contribution in [0, 0.1) is 0 Å². The topological polar surface area (TPSA) is 107 Å². The number of hydrogen-bond acceptors (Lipinski definition) is 7. The number of hydrogen-bond donors (Lipinski definition) is 2.